The van der Waals surface area contributed by atoms with Crippen molar-refractivity contribution in [2.24, 2.45) is 11.8 Å². The van der Waals surface area contributed by atoms with Gasteiger partial charge in [0.1, 0.15) is 12.5 Å². The Morgan fingerprint density at radius 3 is 2.72 bits per heavy atom. The number of allylic oxidation sites excluding steroid dienone is 3. The first kappa shape index (κ1) is 24.4. The van der Waals surface area contributed by atoms with Gasteiger partial charge < -0.3 is 14.8 Å². The number of hydrogen-bond acceptors (Lipinski definition) is 7. The fourth-order valence-corrected chi connectivity index (χ4v) is 5.07. The van der Waals surface area contributed by atoms with Crippen molar-refractivity contribution in [3.63, 3.8) is 0 Å². The first-order valence-corrected chi connectivity index (χ1v) is 12.2. The summed E-state index contributed by atoms with van der Waals surface area (Å²) in [5, 5.41) is 3.75. The van der Waals surface area contributed by atoms with E-state index in [0.717, 1.165) is 11.4 Å². The number of nitrogens with one attached hydrogen (secondary N) is 1. The number of halogens is 1. The minimum Gasteiger partial charge on any atom is -0.468 e. The van der Waals surface area contributed by atoms with Gasteiger partial charge in [-0.05, 0) is 42.7 Å². The van der Waals surface area contributed by atoms with E-state index in [-0.39, 0.29) is 18.3 Å². The van der Waals surface area contributed by atoms with Crippen LogP contribution in [0.2, 0.25) is 5.02 Å². The van der Waals surface area contributed by atoms with Crippen molar-refractivity contribution in [2.45, 2.75) is 33.1 Å². The lowest BCUT2D eigenvalue weighted by Crippen LogP contribution is -2.43. The summed E-state index contributed by atoms with van der Waals surface area (Å²) in [7, 11) is 1.28. The molecule has 1 aliphatic carbocycles. The third-order valence-electron chi connectivity index (χ3n) is 5.81. The second-order valence-electron chi connectivity index (χ2n) is 7.92. The van der Waals surface area contributed by atoms with E-state index < -0.39 is 23.8 Å². The lowest BCUT2D eigenvalue weighted by atomic mass is 9.69. The molecule has 1 heterocycles. The molecular weight excluding hydrogens is 450 g/mol. The predicted octanol–water partition coefficient (Wildman–Crippen LogP) is 4.25. The lowest BCUT2D eigenvalue weighted by Gasteiger charge is -2.38. The van der Waals surface area contributed by atoms with E-state index in [0.29, 0.717) is 39.6 Å². The van der Waals surface area contributed by atoms with Crippen molar-refractivity contribution in [1.82, 2.24) is 5.32 Å². The van der Waals surface area contributed by atoms with Gasteiger partial charge >= 0.3 is 11.9 Å². The summed E-state index contributed by atoms with van der Waals surface area (Å²) in [6.45, 7) is 5.98. The van der Waals surface area contributed by atoms with Gasteiger partial charge in [0.2, 0.25) is 0 Å². The van der Waals surface area contributed by atoms with E-state index >= 15 is 0 Å². The van der Waals surface area contributed by atoms with Gasteiger partial charge in [0.25, 0.3) is 0 Å². The molecule has 6 nitrogen and oxygen atoms in total. The molecule has 3 atom stereocenters. The third-order valence-corrected chi connectivity index (χ3v) is 6.91. The molecule has 0 radical (unpaired) electrons. The zero-order valence-corrected chi connectivity index (χ0v) is 20.3. The van der Waals surface area contributed by atoms with Crippen molar-refractivity contribution >= 4 is 41.1 Å². The maximum absolute atomic E-state index is 13.6. The average Bonchev–Trinajstić information content (AvgIpc) is 2.75. The van der Waals surface area contributed by atoms with Gasteiger partial charge in [0.05, 0.1) is 12.7 Å². The Hall–Kier alpha value is -2.25. The van der Waals surface area contributed by atoms with Crippen LogP contribution in [-0.2, 0) is 23.9 Å². The molecule has 0 saturated heterocycles. The quantitative estimate of drug-likeness (QED) is 0.357. The summed E-state index contributed by atoms with van der Waals surface area (Å²) in [5.41, 5.74) is 2.83. The van der Waals surface area contributed by atoms with E-state index in [2.05, 4.69) is 5.32 Å². The normalized spacial score (nSPS) is 22.9. The highest BCUT2D eigenvalue weighted by molar-refractivity contribution is 7.99. The van der Waals surface area contributed by atoms with Crippen LogP contribution < -0.4 is 5.32 Å². The van der Waals surface area contributed by atoms with Gasteiger partial charge in [-0.3, -0.25) is 9.59 Å². The fourth-order valence-electron chi connectivity index (χ4n) is 4.39. The molecule has 32 heavy (non-hydrogen) atoms. The number of rotatable bonds is 7. The number of thioether (sulfide) groups is 1. The van der Waals surface area contributed by atoms with Crippen molar-refractivity contribution in [3.05, 3.63) is 57.4 Å². The standard InChI is InChI=1S/C24H28ClNO5S/c1-5-32-10-9-31-24(29)19-14(3)26-17-11-13(2)18(23(28)30-4)22(27)21(17)20(19)15-7-6-8-16(25)12-15/h6-8,12-13,18,20,26H,5,9-11H2,1-4H3/t13-,18-,20+/m0/s1. The topological polar surface area (TPSA) is 81.7 Å². The molecule has 1 aromatic carbocycles. The highest BCUT2D eigenvalue weighted by Crippen LogP contribution is 2.45. The van der Waals surface area contributed by atoms with Gasteiger partial charge in [-0.2, -0.15) is 11.8 Å². The third kappa shape index (κ3) is 4.89. The summed E-state index contributed by atoms with van der Waals surface area (Å²) in [4.78, 5) is 39.2. The molecule has 3 rings (SSSR count). The van der Waals surface area contributed by atoms with E-state index in [4.69, 9.17) is 21.1 Å². The molecule has 1 N–H and O–H groups in total. The number of Topliss-reactive ketones (excluding diaryl/α,β-unsaturated/α-hetero) is 1. The number of esters is 2. The molecule has 172 valence electrons. The van der Waals surface area contributed by atoms with Gasteiger partial charge in [0.15, 0.2) is 5.78 Å². The molecule has 0 fully saturated rings. The van der Waals surface area contributed by atoms with Gasteiger partial charge in [-0.1, -0.05) is 37.6 Å². The summed E-state index contributed by atoms with van der Waals surface area (Å²) in [6, 6.07) is 7.09. The first-order chi connectivity index (χ1) is 15.3. The van der Waals surface area contributed by atoms with Crippen LogP contribution in [0.4, 0.5) is 0 Å². The number of carbonyl (C=O) groups is 3. The SMILES string of the molecule is CCSCCOC(=O)C1=C(C)NC2=C(C(=O)[C@@H](C(=O)OC)[C@@H](C)C2)[C@@H]1c1cccc(Cl)c1. The Bertz CT molecular complexity index is 986. The second kappa shape index (κ2) is 10.6. The highest BCUT2D eigenvalue weighted by Gasteiger charge is 2.47. The summed E-state index contributed by atoms with van der Waals surface area (Å²) in [5.74, 6) is -1.57. The van der Waals surface area contributed by atoms with Gasteiger partial charge in [-0.15, -0.1) is 0 Å². The van der Waals surface area contributed by atoms with Crippen molar-refractivity contribution in [3.8, 4) is 0 Å². The Kier molecular flexibility index (Phi) is 8.06. The molecule has 0 amide bonds. The minimum atomic E-state index is -0.918. The van der Waals surface area contributed by atoms with E-state index in [9.17, 15) is 14.4 Å². The number of ketones is 1. The molecule has 0 spiro atoms. The van der Waals surface area contributed by atoms with Crippen LogP contribution >= 0.6 is 23.4 Å². The zero-order valence-electron chi connectivity index (χ0n) is 18.7. The molecule has 0 aromatic heterocycles. The minimum absolute atomic E-state index is 0.228. The summed E-state index contributed by atoms with van der Waals surface area (Å²) < 4.78 is 10.5. The van der Waals surface area contributed by atoms with Gasteiger partial charge in [0, 0.05) is 33.7 Å². The second-order valence-corrected chi connectivity index (χ2v) is 9.75. The number of dihydropyridines is 1. The van der Waals surface area contributed by atoms with E-state index in [1.165, 1.54) is 7.11 Å². The molecule has 0 bridgehead atoms. The number of methoxy groups -OCH3 is 1. The molecule has 2 aliphatic rings. The van der Waals surface area contributed by atoms with Crippen molar-refractivity contribution < 1.29 is 23.9 Å². The molecule has 0 unspecified atom stereocenters. The van der Waals surface area contributed by atoms with Crippen LogP contribution in [-0.4, -0.2) is 42.9 Å². The maximum Gasteiger partial charge on any atom is 0.336 e. The first-order valence-electron chi connectivity index (χ1n) is 10.6. The maximum atomic E-state index is 13.6. The predicted molar refractivity (Wildman–Crippen MR) is 125 cm³/mol. The van der Waals surface area contributed by atoms with Crippen LogP contribution in [0.15, 0.2) is 46.8 Å². The molecule has 1 aliphatic heterocycles. The number of carbonyl (C=O) groups excluding carboxylic acids is 3. The van der Waals surface area contributed by atoms with Crippen LogP contribution in [0.3, 0.4) is 0 Å². The van der Waals surface area contributed by atoms with Gasteiger partial charge in [-0.25, -0.2) is 4.79 Å². The van der Waals surface area contributed by atoms with Crippen LogP contribution in [0, 0.1) is 11.8 Å². The zero-order chi connectivity index (χ0) is 23.4. The van der Waals surface area contributed by atoms with E-state index in [1.807, 2.05) is 19.9 Å². The Balaban J connectivity index is 2.07. The molecule has 1 aromatic rings. The smallest absolute Gasteiger partial charge is 0.336 e. The lowest BCUT2D eigenvalue weighted by molar-refractivity contribution is -0.151. The highest BCUT2D eigenvalue weighted by atomic mass is 35.5. The molecule has 0 saturated carbocycles. The van der Waals surface area contributed by atoms with Crippen LogP contribution in [0.5, 0.6) is 0 Å². The summed E-state index contributed by atoms with van der Waals surface area (Å²) in [6.07, 6.45) is 0.491. The van der Waals surface area contributed by atoms with Crippen molar-refractivity contribution in [2.75, 3.05) is 25.2 Å². The molecule has 8 heteroatoms. The Morgan fingerprint density at radius 1 is 1.31 bits per heavy atom. The van der Waals surface area contributed by atoms with E-state index in [1.54, 1.807) is 36.9 Å². The Labute approximate surface area is 197 Å². The summed E-state index contributed by atoms with van der Waals surface area (Å²) >= 11 is 7.94. The monoisotopic (exact) mass is 477 g/mol. The number of ether oxygens (including phenoxy) is 2. The van der Waals surface area contributed by atoms with Crippen LogP contribution in [0.25, 0.3) is 0 Å². The largest absolute Gasteiger partial charge is 0.468 e. The van der Waals surface area contributed by atoms with Crippen molar-refractivity contribution in [1.29, 1.82) is 0 Å². The number of hydrogen-bond donors (Lipinski definition) is 1. The van der Waals surface area contributed by atoms with Crippen LogP contribution in [0.1, 0.15) is 38.7 Å². The average molecular weight is 478 g/mol. The Morgan fingerprint density at radius 2 is 2.06 bits per heavy atom. The number of benzene rings is 1. The fraction of sp³-hybridized carbons (Fsp3) is 0.458. The molecular formula is C24H28ClNO5S.